The van der Waals surface area contributed by atoms with Gasteiger partial charge in [0.05, 0.1) is 17.1 Å². The van der Waals surface area contributed by atoms with E-state index in [-0.39, 0.29) is 26.8 Å². The van der Waals surface area contributed by atoms with E-state index in [4.69, 9.17) is 5.14 Å². The third kappa shape index (κ3) is 6.40. The van der Waals surface area contributed by atoms with E-state index in [2.05, 4.69) is 41.3 Å². The fraction of sp³-hybridized carbons (Fsp3) is 0.250. The number of nitrogens with zero attached hydrogens (tertiary/aromatic N) is 3. The topological polar surface area (TPSA) is 176 Å². The van der Waals surface area contributed by atoms with E-state index >= 15 is 0 Å². The molecule has 0 saturated heterocycles. The second kappa shape index (κ2) is 9.43. The number of anilines is 1. The second-order valence-corrected chi connectivity index (χ2v) is 8.16. The van der Waals surface area contributed by atoms with Crippen LogP contribution >= 0.6 is 27.7 Å². The molecule has 0 aliphatic carbocycles. The van der Waals surface area contributed by atoms with Crippen molar-refractivity contribution in [3.05, 3.63) is 34.2 Å². The van der Waals surface area contributed by atoms with E-state index in [1.54, 1.807) is 0 Å². The number of hydrogen-bond acceptors (Lipinski definition) is 9. The molecule has 1 aromatic carbocycles. The van der Waals surface area contributed by atoms with Crippen LogP contribution in [0.25, 0.3) is 0 Å². The largest absolute Gasteiger partial charge is 0.409 e. The van der Waals surface area contributed by atoms with Gasteiger partial charge < -0.3 is 15.6 Å². The summed E-state index contributed by atoms with van der Waals surface area (Å²) in [5, 5.41) is 36.6. The van der Waals surface area contributed by atoms with E-state index < -0.39 is 28.7 Å². The highest BCUT2D eigenvalue weighted by molar-refractivity contribution is 9.10. The van der Waals surface area contributed by atoms with Crippen molar-refractivity contribution in [3.63, 3.8) is 0 Å². The van der Waals surface area contributed by atoms with E-state index in [1.807, 2.05) is 4.72 Å². The lowest BCUT2D eigenvalue weighted by Crippen LogP contribution is -2.42. The van der Waals surface area contributed by atoms with Crippen molar-refractivity contribution in [1.82, 2.24) is 15.0 Å². The summed E-state index contributed by atoms with van der Waals surface area (Å²) in [6, 6.07) is 3.13. The highest BCUT2D eigenvalue weighted by Gasteiger charge is 2.21. The van der Waals surface area contributed by atoms with Crippen molar-refractivity contribution in [2.24, 2.45) is 10.3 Å². The third-order valence-electron chi connectivity index (χ3n) is 2.94. The van der Waals surface area contributed by atoms with Gasteiger partial charge in [-0.2, -0.15) is 13.1 Å². The van der Waals surface area contributed by atoms with Crippen LogP contribution in [0, 0.1) is 5.82 Å². The molecule has 1 aromatic heterocycles. The fourth-order valence-corrected chi connectivity index (χ4v) is 3.81. The lowest BCUT2D eigenvalue weighted by Gasteiger charge is -2.13. The number of benzene rings is 1. The van der Waals surface area contributed by atoms with Crippen molar-refractivity contribution in [2.75, 3.05) is 17.7 Å². The smallest absolute Gasteiger partial charge is 0.274 e. The number of aliphatic hydroxyl groups is 1. The van der Waals surface area contributed by atoms with E-state index in [9.17, 15) is 23.1 Å². The number of oxime groups is 1. The average Bonchev–Trinajstić information content (AvgIpc) is 3.07. The van der Waals surface area contributed by atoms with Crippen molar-refractivity contribution < 1.29 is 27.8 Å². The van der Waals surface area contributed by atoms with Crippen molar-refractivity contribution in [1.29, 1.82) is 0 Å². The summed E-state index contributed by atoms with van der Waals surface area (Å²) < 4.78 is 42.3. The first-order valence-corrected chi connectivity index (χ1v) is 10.4. The molecule has 11 nitrogen and oxygen atoms in total. The summed E-state index contributed by atoms with van der Waals surface area (Å²) in [6.45, 7) is -0.507. The first-order valence-electron chi connectivity index (χ1n) is 7.04. The molecule has 1 unspecified atom stereocenters. The van der Waals surface area contributed by atoms with Crippen LogP contribution in [0.15, 0.2) is 37.5 Å². The molecule has 1 heterocycles. The minimum Gasteiger partial charge on any atom is -0.409 e. The number of aromatic nitrogens is 2. The van der Waals surface area contributed by atoms with Gasteiger partial charge in [-0.25, -0.2) is 14.2 Å². The van der Waals surface area contributed by atoms with Gasteiger partial charge in [0.15, 0.2) is 10.7 Å². The standard InChI is InChI=1S/C12H14BrFN6O5S2/c13-8-3-6(1-2-9(8)14)16-11(17-22)10-12(19-25-18-10)26-5-7(4-21)20-27(15,23)24/h1-3,7,20-22H,4-5H2,(H,16,17)(H2,15,23,24). The van der Waals surface area contributed by atoms with Gasteiger partial charge in [0.25, 0.3) is 10.2 Å². The zero-order chi connectivity index (χ0) is 20.0. The normalized spacial score (nSPS) is 13.6. The van der Waals surface area contributed by atoms with Crippen LogP contribution in [0.3, 0.4) is 0 Å². The Bertz CT molecular complexity index is 925. The molecule has 2 rings (SSSR count). The van der Waals surface area contributed by atoms with Gasteiger partial charge in [0.1, 0.15) is 5.82 Å². The maximum atomic E-state index is 13.3. The highest BCUT2D eigenvalue weighted by Crippen LogP contribution is 2.23. The quantitative estimate of drug-likeness (QED) is 0.117. The molecule has 0 aliphatic heterocycles. The lowest BCUT2D eigenvalue weighted by atomic mass is 10.3. The Hall–Kier alpha value is -1.78. The number of halogens is 2. The Kier molecular flexibility index (Phi) is 7.51. The number of hydrogen-bond donors (Lipinski definition) is 5. The summed E-state index contributed by atoms with van der Waals surface area (Å²) in [4.78, 5) is 0. The molecule has 2 aromatic rings. The molecule has 0 bridgehead atoms. The molecular formula is C12H14BrFN6O5S2. The molecule has 0 spiro atoms. The minimum absolute atomic E-state index is 0.0234. The second-order valence-electron chi connectivity index (χ2n) is 4.97. The summed E-state index contributed by atoms with van der Waals surface area (Å²) in [7, 11) is -4.00. The Labute approximate surface area is 165 Å². The van der Waals surface area contributed by atoms with E-state index in [0.717, 1.165) is 11.8 Å². The van der Waals surface area contributed by atoms with Gasteiger partial charge in [0, 0.05) is 11.4 Å². The zero-order valence-corrected chi connectivity index (χ0v) is 16.6. The van der Waals surface area contributed by atoms with E-state index in [1.165, 1.54) is 18.2 Å². The van der Waals surface area contributed by atoms with Gasteiger partial charge in [-0.05, 0) is 44.4 Å². The molecule has 0 aliphatic rings. The molecule has 0 amide bonds. The molecule has 6 N–H and O–H groups in total. The number of rotatable bonds is 8. The third-order valence-corrected chi connectivity index (χ3v) is 5.32. The summed E-state index contributed by atoms with van der Waals surface area (Å²) in [5.41, 5.74) is 0.411. The highest BCUT2D eigenvalue weighted by atomic mass is 79.9. The van der Waals surface area contributed by atoms with Crippen LogP contribution in [0.1, 0.15) is 5.69 Å². The van der Waals surface area contributed by atoms with Gasteiger partial charge in [-0.1, -0.05) is 16.9 Å². The van der Waals surface area contributed by atoms with Crippen molar-refractivity contribution in [3.8, 4) is 0 Å². The molecule has 0 radical (unpaired) electrons. The first kappa shape index (κ1) is 21.5. The molecular weight excluding hydrogens is 471 g/mol. The Morgan fingerprint density at radius 2 is 2.22 bits per heavy atom. The summed E-state index contributed by atoms with van der Waals surface area (Å²) in [6.07, 6.45) is 0. The first-order chi connectivity index (χ1) is 12.7. The average molecular weight is 485 g/mol. The van der Waals surface area contributed by atoms with Crippen LogP contribution in [0.5, 0.6) is 0 Å². The maximum Gasteiger partial charge on any atom is 0.274 e. The van der Waals surface area contributed by atoms with E-state index in [0.29, 0.717) is 5.69 Å². The van der Waals surface area contributed by atoms with Gasteiger partial charge in [-0.3, -0.25) is 0 Å². The fourth-order valence-electron chi connectivity index (χ4n) is 1.80. The summed E-state index contributed by atoms with van der Waals surface area (Å²) >= 11 is 4.01. The predicted octanol–water partition coefficient (Wildman–Crippen LogP) is 0.465. The molecule has 0 fully saturated rings. The monoisotopic (exact) mass is 484 g/mol. The summed E-state index contributed by atoms with van der Waals surface area (Å²) in [5.74, 6) is -0.577. The van der Waals surface area contributed by atoms with Crippen molar-refractivity contribution >= 4 is 49.4 Å². The Morgan fingerprint density at radius 3 is 2.81 bits per heavy atom. The molecule has 15 heteroatoms. The number of aliphatic hydroxyl groups excluding tert-OH is 1. The lowest BCUT2D eigenvalue weighted by molar-refractivity contribution is 0.267. The van der Waals surface area contributed by atoms with Crippen LogP contribution < -0.4 is 15.2 Å². The zero-order valence-electron chi connectivity index (χ0n) is 13.3. The number of nitrogens with two attached hydrogens (primary N) is 1. The Balaban J connectivity index is 2.12. The minimum atomic E-state index is -4.00. The number of amidine groups is 1. The predicted molar refractivity (Wildman–Crippen MR) is 98.2 cm³/mol. The molecule has 27 heavy (non-hydrogen) atoms. The van der Waals surface area contributed by atoms with Crippen LogP contribution in [-0.2, 0) is 10.2 Å². The van der Waals surface area contributed by atoms with Crippen LogP contribution in [0.2, 0.25) is 0 Å². The maximum absolute atomic E-state index is 13.3. The van der Waals surface area contributed by atoms with Gasteiger partial charge in [-0.15, -0.1) is 0 Å². The van der Waals surface area contributed by atoms with Crippen molar-refractivity contribution in [2.45, 2.75) is 11.1 Å². The number of nitrogens with one attached hydrogen (secondary N) is 2. The Morgan fingerprint density at radius 1 is 1.48 bits per heavy atom. The van der Waals surface area contributed by atoms with Gasteiger partial charge in [0.2, 0.25) is 5.84 Å². The molecule has 148 valence electrons. The number of thioether (sulfide) groups is 1. The SMILES string of the molecule is NS(=O)(=O)NC(CO)CSc1nonc1C(=NO)Nc1ccc(F)c(Br)c1. The van der Waals surface area contributed by atoms with Crippen LogP contribution in [0.4, 0.5) is 10.1 Å². The van der Waals surface area contributed by atoms with Gasteiger partial charge >= 0.3 is 0 Å². The molecule has 0 saturated carbocycles. The molecule has 1 atom stereocenters. The van der Waals surface area contributed by atoms with Crippen LogP contribution in [-0.4, -0.2) is 53.3 Å².